The molecule has 1 aromatic carbocycles. The van der Waals surface area contributed by atoms with Crippen molar-refractivity contribution < 1.29 is 21.6 Å². The molecule has 2 aromatic rings. The van der Waals surface area contributed by atoms with E-state index in [1.165, 1.54) is 18.9 Å². The number of anilines is 2. The number of hydrogen-bond acceptors (Lipinski definition) is 6. The molecule has 1 amide bonds. The zero-order chi connectivity index (χ0) is 26.9. The van der Waals surface area contributed by atoms with Crippen LogP contribution >= 0.6 is 11.3 Å². The lowest BCUT2D eigenvalue weighted by atomic mass is 9.66. The molecule has 5 rings (SSSR count). The minimum Gasteiger partial charge on any atom is -0.307 e. The Kier molecular flexibility index (Phi) is 6.33. The minimum atomic E-state index is -3.74. The van der Waals surface area contributed by atoms with Crippen LogP contribution in [0.25, 0.3) is 0 Å². The number of nitrogens with one attached hydrogen (secondary N) is 2. The number of hydrogen-bond donors (Lipinski definition) is 2. The Bertz CT molecular complexity index is 1440. The van der Waals surface area contributed by atoms with E-state index >= 15 is 0 Å². The minimum absolute atomic E-state index is 0.0180. The van der Waals surface area contributed by atoms with Gasteiger partial charge >= 0.3 is 0 Å². The van der Waals surface area contributed by atoms with Crippen LogP contribution < -0.4 is 14.3 Å². The molecule has 2 aliphatic carbocycles. The number of amides is 1. The normalized spacial score (nSPS) is 20.3. The van der Waals surface area contributed by atoms with Crippen molar-refractivity contribution in [2.45, 2.75) is 81.4 Å². The molecule has 1 aromatic heterocycles. The summed E-state index contributed by atoms with van der Waals surface area (Å²) in [6.45, 7) is 7.43. The molecule has 3 aliphatic rings. The van der Waals surface area contributed by atoms with Gasteiger partial charge < -0.3 is 4.90 Å². The summed E-state index contributed by atoms with van der Waals surface area (Å²) in [6, 6.07) is 6.88. The molecule has 202 valence electrons. The fraction of sp³-hybridized carbons (Fsp3) is 0.577. The second-order valence-electron chi connectivity index (χ2n) is 11.9. The maximum absolute atomic E-state index is 13.8. The molecule has 0 radical (unpaired) electrons. The number of rotatable bonds is 6. The maximum atomic E-state index is 13.8. The second-order valence-corrected chi connectivity index (χ2v) is 16.8. The molecule has 2 N–H and O–H groups in total. The fourth-order valence-corrected chi connectivity index (χ4v) is 8.91. The lowest BCUT2D eigenvalue weighted by Gasteiger charge is -2.38. The van der Waals surface area contributed by atoms with Crippen LogP contribution in [0.5, 0.6) is 0 Å². The van der Waals surface area contributed by atoms with Gasteiger partial charge in [-0.3, -0.25) is 9.52 Å². The van der Waals surface area contributed by atoms with Crippen LogP contribution in [0, 0.1) is 5.41 Å². The standard InChI is InChI=1S/C26H35N3O5S3/c1-5-36(31,32)27-19-6-7-21-20(15-19)26(12-10-25(8-9-25)11-13-26)17-29(21)23(30)18-14-22(35-16-18)37(33,34)28-24(2,3)4/h6-7,14-16,27-28H,5,8-13,17H2,1-4H3. The molecule has 0 bridgehead atoms. The third-order valence-electron chi connectivity index (χ3n) is 7.97. The Morgan fingerprint density at radius 2 is 1.68 bits per heavy atom. The van der Waals surface area contributed by atoms with Crippen molar-refractivity contribution >= 4 is 48.7 Å². The first-order chi connectivity index (χ1) is 17.2. The van der Waals surface area contributed by atoms with Gasteiger partial charge in [-0.15, -0.1) is 11.3 Å². The van der Waals surface area contributed by atoms with Crippen molar-refractivity contribution in [1.29, 1.82) is 0 Å². The summed E-state index contributed by atoms with van der Waals surface area (Å²) in [5, 5.41) is 1.61. The van der Waals surface area contributed by atoms with Gasteiger partial charge in [0, 0.05) is 34.3 Å². The van der Waals surface area contributed by atoms with Crippen LogP contribution in [-0.4, -0.2) is 40.6 Å². The maximum Gasteiger partial charge on any atom is 0.259 e. The highest BCUT2D eigenvalue weighted by molar-refractivity contribution is 7.92. The number of fused-ring (bicyclic) bond motifs is 2. The largest absolute Gasteiger partial charge is 0.307 e. The smallest absolute Gasteiger partial charge is 0.259 e. The number of carbonyl (C=O) groups is 1. The molecule has 37 heavy (non-hydrogen) atoms. The van der Waals surface area contributed by atoms with Gasteiger partial charge in [0.1, 0.15) is 4.21 Å². The third kappa shape index (κ3) is 5.20. The Labute approximate surface area is 223 Å². The van der Waals surface area contributed by atoms with E-state index in [2.05, 4.69) is 9.44 Å². The zero-order valence-electron chi connectivity index (χ0n) is 21.8. The van der Waals surface area contributed by atoms with E-state index in [9.17, 15) is 21.6 Å². The summed E-state index contributed by atoms with van der Waals surface area (Å²) in [5.41, 5.74) is 2.23. The highest BCUT2D eigenvalue weighted by Gasteiger charge is 2.53. The lowest BCUT2D eigenvalue weighted by molar-refractivity contribution is 0.0980. The first-order valence-corrected chi connectivity index (χ1v) is 16.8. The molecule has 0 unspecified atom stereocenters. The van der Waals surface area contributed by atoms with E-state index in [4.69, 9.17) is 0 Å². The van der Waals surface area contributed by atoms with Crippen molar-refractivity contribution in [3.05, 3.63) is 40.8 Å². The average molecular weight is 566 g/mol. The predicted molar refractivity (Wildman–Crippen MR) is 147 cm³/mol. The monoisotopic (exact) mass is 565 g/mol. The fourth-order valence-electron chi connectivity index (χ4n) is 5.71. The average Bonchev–Trinajstić information content (AvgIpc) is 3.25. The Morgan fingerprint density at radius 3 is 2.27 bits per heavy atom. The topological polar surface area (TPSA) is 113 Å². The van der Waals surface area contributed by atoms with Crippen molar-refractivity contribution in [1.82, 2.24) is 4.72 Å². The van der Waals surface area contributed by atoms with Crippen molar-refractivity contribution in [2.24, 2.45) is 5.41 Å². The van der Waals surface area contributed by atoms with Crippen molar-refractivity contribution in [3.63, 3.8) is 0 Å². The van der Waals surface area contributed by atoms with E-state index in [-0.39, 0.29) is 21.3 Å². The zero-order valence-corrected chi connectivity index (χ0v) is 24.2. The van der Waals surface area contributed by atoms with E-state index in [0.29, 0.717) is 23.2 Å². The molecular formula is C26H35N3O5S3. The molecule has 0 saturated heterocycles. The molecule has 11 heteroatoms. The first kappa shape index (κ1) is 26.6. The van der Waals surface area contributed by atoms with E-state index < -0.39 is 25.6 Å². The number of nitrogens with zero attached hydrogens (tertiary/aromatic N) is 1. The second kappa shape index (κ2) is 8.79. The number of thiophene rings is 1. The third-order valence-corrected chi connectivity index (χ3v) is 12.5. The van der Waals surface area contributed by atoms with Gasteiger partial charge in [-0.2, -0.15) is 0 Å². The highest BCUT2D eigenvalue weighted by Crippen LogP contribution is 2.62. The van der Waals surface area contributed by atoms with Gasteiger partial charge in [-0.1, -0.05) is 0 Å². The molecule has 2 saturated carbocycles. The van der Waals surface area contributed by atoms with Gasteiger partial charge in [0.2, 0.25) is 10.0 Å². The Balaban J connectivity index is 1.48. The summed E-state index contributed by atoms with van der Waals surface area (Å²) < 4.78 is 55.5. The van der Waals surface area contributed by atoms with Crippen molar-refractivity contribution in [3.8, 4) is 0 Å². The van der Waals surface area contributed by atoms with E-state index in [1.54, 1.807) is 44.0 Å². The van der Waals surface area contributed by atoms with Crippen LogP contribution in [0.2, 0.25) is 0 Å². The number of sulfonamides is 2. The summed E-state index contributed by atoms with van der Waals surface area (Å²) in [5.74, 6) is -0.254. The molecule has 2 fully saturated rings. The van der Waals surface area contributed by atoms with Crippen LogP contribution in [0.15, 0.2) is 33.9 Å². The SMILES string of the molecule is CCS(=O)(=O)Nc1ccc2c(c1)C1(CCC3(CC3)CC1)CN2C(=O)c1csc(S(=O)(=O)NC(C)(C)C)c1. The molecule has 2 spiro atoms. The van der Waals surface area contributed by atoms with Crippen LogP contribution in [0.4, 0.5) is 11.4 Å². The molecule has 1 aliphatic heterocycles. The van der Waals surface area contributed by atoms with Crippen molar-refractivity contribution in [2.75, 3.05) is 21.9 Å². The molecular weight excluding hydrogens is 531 g/mol. The van der Waals surface area contributed by atoms with E-state index in [0.717, 1.165) is 48.3 Å². The lowest BCUT2D eigenvalue weighted by Crippen LogP contribution is -2.40. The Hall–Kier alpha value is -1.95. The first-order valence-electron chi connectivity index (χ1n) is 12.8. The van der Waals surface area contributed by atoms with Crippen LogP contribution in [0.1, 0.15) is 82.1 Å². The van der Waals surface area contributed by atoms with Gasteiger partial charge in [-0.25, -0.2) is 21.6 Å². The van der Waals surface area contributed by atoms with E-state index in [1.807, 2.05) is 12.1 Å². The van der Waals surface area contributed by atoms with Crippen LogP contribution in [-0.2, 0) is 25.5 Å². The van der Waals surface area contributed by atoms with Gasteiger partial charge in [0.25, 0.3) is 15.9 Å². The van der Waals surface area contributed by atoms with Gasteiger partial charge in [0.15, 0.2) is 0 Å². The summed E-state index contributed by atoms with van der Waals surface area (Å²) in [7, 11) is -7.17. The quantitative estimate of drug-likeness (QED) is 0.521. The molecule has 8 nitrogen and oxygen atoms in total. The highest BCUT2D eigenvalue weighted by atomic mass is 32.2. The molecule has 0 atom stereocenters. The Morgan fingerprint density at radius 1 is 1.03 bits per heavy atom. The predicted octanol–water partition coefficient (Wildman–Crippen LogP) is 4.84. The van der Waals surface area contributed by atoms with Crippen LogP contribution in [0.3, 0.4) is 0 Å². The van der Waals surface area contributed by atoms with Gasteiger partial charge in [0.05, 0.1) is 11.3 Å². The summed E-state index contributed by atoms with van der Waals surface area (Å²) in [4.78, 5) is 15.5. The summed E-state index contributed by atoms with van der Waals surface area (Å²) in [6.07, 6.45) is 6.66. The number of carbonyl (C=O) groups excluding carboxylic acids is 1. The van der Waals surface area contributed by atoms with Gasteiger partial charge in [-0.05, 0) is 101 Å². The summed E-state index contributed by atoms with van der Waals surface area (Å²) >= 11 is 1.04. The number of benzene rings is 1. The molecule has 2 heterocycles.